The molecule has 1 aromatic carbocycles. The van der Waals surface area contributed by atoms with E-state index in [1.165, 1.54) is 11.1 Å². The van der Waals surface area contributed by atoms with Gasteiger partial charge < -0.3 is 5.73 Å². The maximum absolute atomic E-state index is 12.5. The molecule has 94 valence electrons. The van der Waals surface area contributed by atoms with Crippen LogP contribution in [0.5, 0.6) is 0 Å². The van der Waals surface area contributed by atoms with Gasteiger partial charge in [-0.15, -0.1) is 11.3 Å². The second-order valence-corrected chi connectivity index (χ2v) is 7.38. The molecule has 2 nitrogen and oxygen atoms in total. The molecule has 2 N–H and O–H groups in total. The average Bonchev–Trinajstić information content (AvgIpc) is 2.93. The van der Waals surface area contributed by atoms with Gasteiger partial charge in [0.15, 0.2) is 0 Å². The Kier molecular flexibility index (Phi) is 3.33. The monoisotopic (exact) mass is 277 g/mol. The van der Waals surface area contributed by atoms with Crippen molar-refractivity contribution >= 4 is 22.1 Å². The lowest BCUT2D eigenvalue weighted by Gasteiger charge is -2.29. The van der Waals surface area contributed by atoms with Crippen molar-refractivity contribution in [1.82, 2.24) is 0 Å². The molecule has 2 aromatic rings. The quantitative estimate of drug-likeness (QED) is 0.917. The Balaban J connectivity index is 1.91. The van der Waals surface area contributed by atoms with Crippen molar-refractivity contribution in [3.05, 3.63) is 52.9 Å². The smallest absolute Gasteiger partial charge is 0.0914 e. The molecular formula is C14H15NOS2. The summed E-state index contributed by atoms with van der Waals surface area (Å²) in [5.41, 5.74) is 8.78. The highest BCUT2D eigenvalue weighted by Gasteiger charge is 2.31. The minimum atomic E-state index is -0.983. The molecule has 0 aliphatic heterocycles. The molecule has 0 saturated heterocycles. The summed E-state index contributed by atoms with van der Waals surface area (Å²) in [6.07, 6.45) is 1.88. The van der Waals surface area contributed by atoms with E-state index in [0.717, 1.165) is 17.1 Å². The molecule has 0 spiro atoms. The van der Waals surface area contributed by atoms with Gasteiger partial charge in [-0.3, -0.25) is 4.21 Å². The van der Waals surface area contributed by atoms with E-state index in [2.05, 4.69) is 12.1 Å². The molecule has 0 bridgehead atoms. The van der Waals surface area contributed by atoms with Gasteiger partial charge in [0.05, 0.1) is 20.3 Å². The fourth-order valence-corrected chi connectivity index (χ4v) is 5.15. The van der Waals surface area contributed by atoms with Gasteiger partial charge in [-0.1, -0.05) is 30.3 Å². The molecule has 0 fully saturated rings. The molecule has 4 heteroatoms. The van der Waals surface area contributed by atoms with Gasteiger partial charge in [0, 0.05) is 6.04 Å². The molecule has 0 amide bonds. The van der Waals surface area contributed by atoms with E-state index in [0.29, 0.717) is 0 Å². The Morgan fingerprint density at radius 2 is 2.06 bits per heavy atom. The number of benzene rings is 1. The molecule has 1 aliphatic carbocycles. The predicted octanol–water partition coefficient (Wildman–Crippen LogP) is 2.87. The normalized spacial score (nSPS) is 24.5. The third-order valence-corrected chi connectivity index (χ3v) is 6.54. The first-order valence-electron chi connectivity index (χ1n) is 6.05. The van der Waals surface area contributed by atoms with E-state index in [1.807, 2.05) is 29.6 Å². The van der Waals surface area contributed by atoms with Crippen molar-refractivity contribution < 1.29 is 4.21 Å². The predicted molar refractivity (Wildman–Crippen MR) is 76.2 cm³/mol. The van der Waals surface area contributed by atoms with E-state index >= 15 is 0 Å². The largest absolute Gasteiger partial charge is 0.323 e. The van der Waals surface area contributed by atoms with Crippen LogP contribution in [0.2, 0.25) is 0 Å². The topological polar surface area (TPSA) is 43.1 Å². The first-order valence-corrected chi connectivity index (χ1v) is 8.14. The zero-order chi connectivity index (χ0) is 12.5. The highest BCUT2D eigenvalue weighted by atomic mass is 32.2. The van der Waals surface area contributed by atoms with Crippen LogP contribution in [0.3, 0.4) is 0 Å². The van der Waals surface area contributed by atoms with E-state index in [9.17, 15) is 4.21 Å². The molecule has 1 heterocycles. The van der Waals surface area contributed by atoms with Gasteiger partial charge >= 0.3 is 0 Å². The summed E-state index contributed by atoms with van der Waals surface area (Å²) in [5.74, 6) is 0. The van der Waals surface area contributed by atoms with Crippen LogP contribution in [0.15, 0.2) is 46.0 Å². The molecule has 18 heavy (non-hydrogen) atoms. The summed E-state index contributed by atoms with van der Waals surface area (Å²) in [5, 5.41) is 2.01. The summed E-state index contributed by atoms with van der Waals surface area (Å²) in [7, 11) is -0.983. The Morgan fingerprint density at radius 1 is 1.22 bits per heavy atom. The first-order chi connectivity index (χ1) is 8.77. The Morgan fingerprint density at radius 3 is 2.83 bits per heavy atom. The van der Waals surface area contributed by atoms with E-state index in [1.54, 1.807) is 11.3 Å². The first kappa shape index (κ1) is 12.1. The molecule has 0 saturated carbocycles. The van der Waals surface area contributed by atoms with Crippen LogP contribution in [-0.2, 0) is 17.2 Å². The lowest BCUT2D eigenvalue weighted by atomic mass is 9.88. The van der Waals surface area contributed by atoms with Gasteiger partial charge in [0.25, 0.3) is 0 Å². The zero-order valence-corrected chi connectivity index (χ0v) is 11.5. The third kappa shape index (κ3) is 2.05. The number of hydrogen-bond donors (Lipinski definition) is 1. The fraction of sp³-hybridized carbons (Fsp3) is 0.286. The molecule has 3 unspecified atom stereocenters. The van der Waals surface area contributed by atoms with Gasteiger partial charge in [-0.25, -0.2) is 0 Å². The van der Waals surface area contributed by atoms with Crippen LogP contribution in [0.25, 0.3) is 0 Å². The van der Waals surface area contributed by atoms with Crippen LogP contribution >= 0.6 is 11.3 Å². The Labute approximate surface area is 113 Å². The summed E-state index contributed by atoms with van der Waals surface area (Å²) in [6.45, 7) is 0. The van der Waals surface area contributed by atoms with Gasteiger partial charge in [0.1, 0.15) is 0 Å². The zero-order valence-electron chi connectivity index (χ0n) is 9.91. The van der Waals surface area contributed by atoms with Crippen molar-refractivity contribution in [2.24, 2.45) is 5.73 Å². The van der Waals surface area contributed by atoms with Crippen LogP contribution in [0.4, 0.5) is 0 Å². The van der Waals surface area contributed by atoms with Crippen molar-refractivity contribution in [3.8, 4) is 0 Å². The van der Waals surface area contributed by atoms with Crippen LogP contribution in [0.1, 0.15) is 23.6 Å². The average molecular weight is 277 g/mol. The van der Waals surface area contributed by atoms with Gasteiger partial charge in [-0.2, -0.15) is 0 Å². The third-order valence-electron chi connectivity index (χ3n) is 3.48. The van der Waals surface area contributed by atoms with Crippen molar-refractivity contribution in [3.63, 3.8) is 0 Å². The van der Waals surface area contributed by atoms with Crippen molar-refractivity contribution in [2.45, 2.75) is 28.3 Å². The number of aryl methyl sites for hydroxylation is 1. The summed E-state index contributed by atoms with van der Waals surface area (Å²) >= 11 is 1.55. The summed E-state index contributed by atoms with van der Waals surface area (Å²) in [4.78, 5) is 0. The molecule has 0 radical (unpaired) electrons. The lowest BCUT2D eigenvalue weighted by molar-refractivity contribution is 0.564. The summed E-state index contributed by atoms with van der Waals surface area (Å²) < 4.78 is 13.5. The molecule has 1 aromatic heterocycles. The van der Waals surface area contributed by atoms with Crippen molar-refractivity contribution in [2.75, 3.05) is 0 Å². The minimum absolute atomic E-state index is 0.0403. The molecule has 1 aliphatic rings. The highest BCUT2D eigenvalue weighted by molar-refractivity contribution is 7.88. The fourth-order valence-electron chi connectivity index (χ4n) is 2.53. The number of rotatable bonds is 2. The standard InChI is InChI=1S/C14H15NOS2/c15-14-11-5-2-1-4-10(11)7-8-12(14)18(16)13-6-3-9-17-13/h1-6,9,12,14H,7-8,15H2. The molecule has 3 rings (SSSR count). The number of thiophene rings is 1. The van der Waals surface area contributed by atoms with Gasteiger partial charge in [0.2, 0.25) is 0 Å². The maximum Gasteiger partial charge on any atom is 0.0914 e. The summed E-state index contributed by atoms with van der Waals surface area (Å²) in [6, 6.07) is 12.0. The number of fused-ring (bicyclic) bond motifs is 1. The minimum Gasteiger partial charge on any atom is -0.323 e. The Bertz CT molecular complexity index is 565. The van der Waals surface area contributed by atoms with Gasteiger partial charge in [-0.05, 0) is 35.4 Å². The van der Waals surface area contributed by atoms with E-state index in [4.69, 9.17) is 5.73 Å². The second kappa shape index (κ2) is 4.96. The lowest BCUT2D eigenvalue weighted by Crippen LogP contribution is -2.34. The molecule has 3 atom stereocenters. The highest BCUT2D eigenvalue weighted by Crippen LogP contribution is 2.34. The Hall–Kier alpha value is -0.970. The SMILES string of the molecule is NC1c2ccccc2CCC1S(=O)c1cccs1. The van der Waals surface area contributed by atoms with Crippen LogP contribution in [0, 0.1) is 0 Å². The van der Waals surface area contributed by atoms with E-state index < -0.39 is 10.8 Å². The number of nitrogens with two attached hydrogens (primary N) is 1. The maximum atomic E-state index is 12.5. The van der Waals surface area contributed by atoms with Crippen LogP contribution in [-0.4, -0.2) is 9.46 Å². The molecular weight excluding hydrogens is 262 g/mol. The van der Waals surface area contributed by atoms with Crippen LogP contribution < -0.4 is 5.73 Å². The van der Waals surface area contributed by atoms with E-state index in [-0.39, 0.29) is 11.3 Å². The second-order valence-electron chi connectivity index (χ2n) is 4.53. The number of hydrogen-bond acceptors (Lipinski definition) is 3. The van der Waals surface area contributed by atoms with Crippen molar-refractivity contribution in [1.29, 1.82) is 0 Å².